The molecule has 0 saturated carbocycles. The van der Waals surface area contributed by atoms with E-state index in [1.54, 1.807) is 0 Å². The van der Waals surface area contributed by atoms with Gasteiger partial charge >= 0.3 is 17.9 Å². The molecule has 0 amide bonds. The lowest BCUT2D eigenvalue weighted by Crippen LogP contribution is -2.30. The summed E-state index contributed by atoms with van der Waals surface area (Å²) in [4.78, 5) is 38.4. The Morgan fingerprint density at radius 2 is 0.468 bits per heavy atom. The van der Waals surface area contributed by atoms with E-state index >= 15 is 0 Å². The summed E-state index contributed by atoms with van der Waals surface area (Å²) in [5.41, 5.74) is 0. The number of ether oxygens (including phenoxy) is 3. The minimum Gasteiger partial charge on any atom is -0.462 e. The van der Waals surface area contributed by atoms with Crippen LogP contribution in [0.25, 0.3) is 0 Å². The van der Waals surface area contributed by atoms with E-state index in [0.717, 1.165) is 109 Å². The van der Waals surface area contributed by atoms with Crippen molar-refractivity contribution in [2.75, 3.05) is 13.2 Å². The smallest absolute Gasteiger partial charge is 0.306 e. The molecule has 0 aliphatic heterocycles. The van der Waals surface area contributed by atoms with E-state index < -0.39 is 6.10 Å². The lowest BCUT2D eigenvalue weighted by Gasteiger charge is -2.18. The Kier molecular flexibility index (Phi) is 62.2. The molecule has 0 fully saturated rings. The number of allylic oxidation sites excluding steroid dienone is 14. The zero-order chi connectivity index (χ0) is 55.7. The van der Waals surface area contributed by atoms with Gasteiger partial charge in [0.1, 0.15) is 13.2 Å². The number of unbranched alkanes of at least 4 members (excludes halogenated alkanes) is 35. The van der Waals surface area contributed by atoms with Crippen molar-refractivity contribution in [2.24, 2.45) is 0 Å². The average molecular weight is 1070 g/mol. The van der Waals surface area contributed by atoms with Crippen molar-refractivity contribution in [3.8, 4) is 0 Å². The van der Waals surface area contributed by atoms with E-state index in [-0.39, 0.29) is 31.1 Å². The topological polar surface area (TPSA) is 78.9 Å². The molecular formula is C71H124O6. The zero-order valence-electron chi connectivity index (χ0n) is 51.0. The highest BCUT2D eigenvalue weighted by atomic mass is 16.6. The van der Waals surface area contributed by atoms with Gasteiger partial charge in [-0.25, -0.2) is 0 Å². The van der Waals surface area contributed by atoms with E-state index in [9.17, 15) is 14.4 Å². The Morgan fingerprint density at radius 1 is 0.260 bits per heavy atom. The van der Waals surface area contributed by atoms with Crippen LogP contribution >= 0.6 is 0 Å². The second-order valence-electron chi connectivity index (χ2n) is 22.0. The zero-order valence-corrected chi connectivity index (χ0v) is 51.0. The van der Waals surface area contributed by atoms with Gasteiger partial charge in [0.05, 0.1) is 0 Å². The van der Waals surface area contributed by atoms with Gasteiger partial charge in [0.15, 0.2) is 6.10 Å². The van der Waals surface area contributed by atoms with E-state index in [0.29, 0.717) is 19.3 Å². The molecule has 0 rings (SSSR count). The maximum atomic E-state index is 12.9. The third-order valence-corrected chi connectivity index (χ3v) is 14.3. The highest BCUT2D eigenvalue weighted by molar-refractivity contribution is 5.71. The minimum atomic E-state index is -0.792. The Morgan fingerprint density at radius 3 is 0.740 bits per heavy atom. The fourth-order valence-corrected chi connectivity index (χ4v) is 9.33. The van der Waals surface area contributed by atoms with E-state index in [2.05, 4.69) is 106 Å². The summed E-state index contributed by atoms with van der Waals surface area (Å²) in [7, 11) is 0. The quantitative estimate of drug-likeness (QED) is 0.0261. The SMILES string of the molecule is CCCCCCC/C=C\C/C=C\C/C=C\CCCCCCCCCCC(=O)OCC(COC(=O)CCCCCCC/C=C\CCCCCCCC)OC(=O)CCCCCCCC/C=C\C/C=C\C/C=C\CCCCCCC. The molecule has 444 valence electrons. The molecule has 6 nitrogen and oxygen atoms in total. The third-order valence-electron chi connectivity index (χ3n) is 14.3. The van der Waals surface area contributed by atoms with Crippen LogP contribution in [0.1, 0.15) is 329 Å². The van der Waals surface area contributed by atoms with E-state index in [1.165, 1.54) is 180 Å². The van der Waals surface area contributed by atoms with Crippen molar-refractivity contribution < 1.29 is 28.6 Å². The fraction of sp³-hybridized carbons (Fsp3) is 0.761. The van der Waals surface area contributed by atoms with Gasteiger partial charge < -0.3 is 14.2 Å². The predicted octanol–water partition coefficient (Wildman–Crippen LogP) is 22.7. The van der Waals surface area contributed by atoms with Crippen molar-refractivity contribution in [3.63, 3.8) is 0 Å². The van der Waals surface area contributed by atoms with Gasteiger partial charge in [-0.15, -0.1) is 0 Å². The molecule has 0 spiro atoms. The highest BCUT2D eigenvalue weighted by Gasteiger charge is 2.19. The molecule has 1 atom stereocenters. The third kappa shape index (κ3) is 63.3. The van der Waals surface area contributed by atoms with Crippen molar-refractivity contribution >= 4 is 17.9 Å². The first-order valence-corrected chi connectivity index (χ1v) is 33.1. The molecule has 0 aromatic rings. The van der Waals surface area contributed by atoms with Gasteiger partial charge in [-0.3, -0.25) is 14.4 Å². The molecule has 0 aromatic carbocycles. The molecule has 0 aliphatic rings. The van der Waals surface area contributed by atoms with Crippen LogP contribution in [-0.2, 0) is 28.6 Å². The first-order valence-electron chi connectivity index (χ1n) is 33.1. The van der Waals surface area contributed by atoms with E-state index in [4.69, 9.17) is 14.2 Å². The van der Waals surface area contributed by atoms with Crippen LogP contribution in [0.3, 0.4) is 0 Å². The van der Waals surface area contributed by atoms with Gasteiger partial charge in [0.2, 0.25) is 0 Å². The first-order chi connectivity index (χ1) is 38.0. The van der Waals surface area contributed by atoms with Crippen LogP contribution in [0, 0.1) is 0 Å². The van der Waals surface area contributed by atoms with E-state index in [1.807, 2.05) is 0 Å². The Bertz CT molecular complexity index is 1470. The standard InChI is InChI=1S/C71H124O6/c1-4-7-10-13-16-19-22-25-28-30-32-34-35-37-38-40-43-46-49-52-55-58-61-64-70(73)76-67-68(66-75-69(72)63-60-57-54-51-48-45-42-27-24-21-18-15-12-9-6-3)77-71(74)65-62-59-56-53-50-47-44-41-39-36-33-31-29-26-23-20-17-14-11-8-5-2/h22-23,25-27,30-33,35,37,39,41-42,68H,4-21,24,28-29,34,36,38,40,43-67H2,1-3H3/b25-22-,26-23-,32-30-,33-31-,37-35-,41-39-,42-27-. The van der Waals surface area contributed by atoms with Crippen LogP contribution < -0.4 is 0 Å². The van der Waals surface area contributed by atoms with Crippen LogP contribution in [0.4, 0.5) is 0 Å². The monoisotopic (exact) mass is 1070 g/mol. The second kappa shape index (κ2) is 65.1. The summed E-state index contributed by atoms with van der Waals surface area (Å²) in [6, 6.07) is 0. The van der Waals surface area contributed by atoms with Crippen molar-refractivity contribution in [1.82, 2.24) is 0 Å². The number of rotatable bonds is 60. The normalized spacial score (nSPS) is 12.6. The van der Waals surface area contributed by atoms with Crippen molar-refractivity contribution in [3.05, 3.63) is 85.1 Å². The van der Waals surface area contributed by atoms with Crippen molar-refractivity contribution in [1.29, 1.82) is 0 Å². The molecule has 0 saturated heterocycles. The number of esters is 3. The first kappa shape index (κ1) is 73.6. The summed E-state index contributed by atoms with van der Waals surface area (Å²) < 4.78 is 16.9. The molecule has 1 unspecified atom stereocenters. The van der Waals surface area contributed by atoms with Crippen molar-refractivity contribution in [2.45, 2.75) is 335 Å². The number of hydrogen-bond acceptors (Lipinski definition) is 6. The molecule has 6 heteroatoms. The highest BCUT2D eigenvalue weighted by Crippen LogP contribution is 2.15. The lowest BCUT2D eigenvalue weighted by atomic mass is 10.1. The Hall–Kier alpha value is -3.41. The Labute approximate surface area is 477 Å². The van der Waals surface area contributed by atoms with Gasteiger partial charge in [-0.05, 0) is 122 Å². The molecule has 0 bridgehead atoms. The maximum absolute atomic E-state index is 12.9. The second-order valence-corrected chi connectivity index (χ2v) is 22.0. The number of carbonyl (C=O) groups is 3. The predicted molar refractivity (Wildman–Crippen MR) is 334 cm³/mol. The Balaban J connectivity index is 4.41. The molecule has 0 N–H and O–H groups in total. The van der Waals surface area contributed by atoms with Crippen LogP contribution in [0.15, 0.2) is 85.1 Å². The summed E-state index contributed by atoms with van der Waals surface area (Å²) >= 11 is 0. The number of carbonyl (C=O) groups excluding carboxylic acids is 3. The van der Waals surface area contributed by atoms with Gasteiger partial charge in [-0.1, -0.05) is 273 Å². The summed E-state index contributed by atoms with van der Waals surface area (Å²) in [6.07, 6.45) is 85.8. The lowest BCUT2D eigenvalue weighted by molar-refractivity contribution is -0.167. The number of hydrogen-bond donors (Lipinski definition) is 0. The maximum Gasteiger partial charge on any atom is 0.306 e. The summed E-state index contributed by atoms with van der Waals surface area (Å²) in [6.45, 7) is 6.62. The van der Waals surface area contributed by atoms with Gasteiger partial charge in [0.25, 0.3) is 0 Å². The van der Waals surface area contributed by atoms with Crippen LogP contribution in [0.2, 0.25) is 0 Å². The fourth-order valence-electron chi connectivity index (χ4n) is 9.33. The van der Waals surface area contributed by atoms with Gasteiger partial charge in [-0.2, -0.15) is 0 Å². The largest absolute Gasteiger partial charge is 0.462 e. The minimum absolute atomic E-state index is 0.0878. The summed E-state index contributed by atoms with van der Waals surface area (Å²) in [5, 5.41) is 0. The van der Waals surface area contributed by atoms with Crippen LogP contribution in [0.5, 0.6) is 0 Å². The summed E-state index contributed by atoms with van der Waals surface area (Å²) in [5.74, 6) is -0.903. The van der Waals surface area contributed by atoms with Gasteiger partial charge in [0, 0.05) is 19.3 Å². The molecule has 77 heavy (non-hydrogen) atoms. The molecular weight excluding hydrogens is 949 g/mol. The molecule has 0 heterocycles. The van der Waals surface area contributed by atoms with Crippen LogP contribution in [-0.4, -0.2) is 37.2 Å². The molecule has 0 radical (unpaired) electrons. The average Bonchev–Trinajstić information content (AvgIpc) is 3.43. The molecule has 0 aromatic heterocycles. The molecule has 0 aliphatic carbocycles.